The van der Waals surface area contributed by atoms with Crippen LogP contribution >= 0.6 is 22.6 Å². The molecule has 0 saturated carbocycles. The Morgan fingerprint density at radius 2 is 1.88 bits per heavy atom. The standard InChI is InChI=1S/C19H17IN4O2/c1-2-23-16-10-6-4-8-13(16)21-19(23)22-14-11-17(25)24(18(14)26)15-9-5-3-7-12(15)20/h3-10,14H,2,11H2,1H3,(H,21,22)/t14-/m0/s1. The molecule has 1 aliphatic rings. The van der Waals surface area contributed by atoms with Gasteiger partial charge in [-0.05, 0) is 53.8 Å². The van der Waals surface area contributed by atoms with E-state index in [2.05, 4.69) is 32.9 Å². The molecular weight excluding hydrogens is 443 g/mol. The zero-order valence-electron chi connectivity index (χ0n) is 14.1. The van der Waals surface area contributed by atoms with E-state index in [9.17, 15) is 9.59 Å². The van der Waals surface area contributed by atoms with Gasteiger partial charge in [0, 0.05) is 10.1 Å². The summed E-state index contributed by atoms with van der Waals surface area (Å²) in [6.07, 6.45) is 0.122. The smallest absolute Gasteiger partial charge is 0.256 e. The van der Waals surface area contributed by atoms with E-state index in [0.717, 1.165) is 21.1 Å². The third-order valence-electron chi connectivity index (χ3n) is 4.51. The third-order valence-corrected chi connectivity index (χ3v) is 5.43. The van der Waals surface area contributed by atoms with E-state index >= 15 is 0 Å². The van der Waals surface area contributed by atoms with Gasteiger partial charge < -0.3 is 9.88 Å². The first-order valence-electron chi connectivity index (χ1n) is 8.43. The molecule has 3 aromatic rings. The number of para-hydroxylation sites is 3. The van der Waals surface area contributed by atoms with Gasteiger partial charge in [-0.2, -0.15) is 0 Å². The van der Waals surface area contributed by atoms with Crippen molar-refractivity contribution in [1.29, 1.82) is 0 Å². The van der Waals surface area contributed by atoms with E-state index in [4.69, 9.17) is 0 Å². The zero-order chi connectivity index (χ0) is 18.3. The first-order valence-corrected chi connectivity index (χ1v) is 9.51. The molecule has 26 heavy (non-hydrogen) atoms. The second-order valence-corrected chi connectivity index (χ2v) is 7.25. The molecule has 132 valence electrons. The van der Waals surface area contributed by atoms with E-state index in [1.807, 2.05) is 54.0 Å². The molecule has 4 rings (SSSR count). The zero-order valence-corrected chi connectivity index (χ0v) is 16.3. The highest BCUT2D eigenvalue weighted by atomic mass is 127. The van der Waals surface area contributed by atoms with Crippen molar-refractivity contribution in [1.82, 2.24) is 9.55 Å². The van der Waals surface area contributed by atoms with Crippen molar-refractivity contribution >= 4 is 57.1 Å². The Morgan fingerprint density at radius 1 is 1.15 bits per heavy atom. The number of imide groups is 1. The lowest BCUT2D eigenvalue weighted by Gasteiger charge is -2.17. The molecule has 1 N–H and O–H groups in total. The molecule has 1 aromatic heterocycles. The van der Waals surface area contributed by atoms with Crippen LogP contribution in [0.5, 0.6) is 0 Å². The minimum absolute atomic E-state index is 0.122. The summed E-state index contributed by atoms with van der Waals surface area (Å²) >= 11 is 2.14. The number of aryl methyl sites for hydroxylation is 1. The van der Waals surface area contributed by atoms with E-state index in [1.165, 1.54) is 4.90 Å². The normalized spacial score (nSPS) is 17.3. The van der Waals surface area contributed by atoms with Gasteiger partial charge in [-0.3, -0.25) is 9.59 Å². The number of anilines is 2. The summed E-state index contributed by atoms with van der Waals surface area (Å²) in [7, 11) is 0. The SMILES string of the molecule is CCn1c(N[C@H]2CC(=O)N(c3ccccc3I)C2=O)nc2ccccc21. The van der Waals surface area contributed by atoms with Crippen molar-refractivity contribution in [2.45, 2.75) is 25.9 Å². The number of hydrogen-bond acceptors (Lipinski definition) is 4. The summed E-state index contributed by atoms with van der Waals surface area (Å²) in [6, 6.07) is 14.6. The van der Waals surface area contributed by atoms with Crippen LogP contribution in [0.1, 0.15) is 13.3 Å². The fourth-order valence-corrected chi connectivity index (χ4v) is 3.92. The minimum Gasteiger partial charge on any atom is -0.343 e. The second kappa shape index (κ2) is 6.71. The topological polar surface area (TPSA) is 67.2 Å². The van der Waals surface area contributed by atoms with Gasteiger partial charge in [0.1, 0.15) is 6.04 Å². The Kier molecular flexibility index (Phi) is 4.39. The lowest BCUT2D eigenvalue weighted by atomic mass is 10.2. The maximum atomic E-state index is 12.9. The number of nitrogens with one attached hydrogen (secondary N) is 1. The second-order valence-electron chi connectivity index (χ2n) is 6.09. The van der Waals surface area contributed by atoms with Crippen LogP contribution < -0.4 is 10.2 Å². The van der Waals surface area contributed by atoms with Crippen LogP contribution in [-0.4, -0.2) is 27.4 Å². The van der Waals surface area contributed by atoms with Crippen LogP contribution in [0.15, 0.2) is 48.5 Å². The first kappa shape index (κ1) is 17.0. The number of imidazole rings is 1. The Labute approximate surface area is 164 Å². The van der Waals surface area contributed by atoms with Crippen molar-refractivity contribution in [3.05, 3.63) is 52.1 Å². The van der Waals surface area contributed by atoms with Crippen LogP contribution in [0.3, 0.4) is 0 Å². The molecule has 0 spiro atoms. The largest absolute Gasteiger partial charge is 0.343 e. The van der Waals surface area contributed by atoms with Gasteiger partial charge in [-0.1, -0.05) is 24.3 Å². The number of halogens is 1. The summed E-state index contributed by atoms with van der Waals surface area (Å²) in [6.45, 7) is 2.75. The van der Waals surface area contributed by atoms with Crippen LogP contribution in [0.2, 0.25) is 0 Å². The van der Waals surface area contributed by atoms with E-state index in [0.29, 0.717) is 11.6 Å². The summed E-state index contributed by atoms with van der Waals surface area (Å²) in [5.74, 6) is 0.175. The van der Waals surface area contributed by atoms with E-state index < -0.39 is 6.04 Å². The maximum Gasteiger partial charge on any atom is 0.256 e. The predicted molar refractivity (Wildman–Crippen MR) is 109 cm³/mol. The molecular formula is C19H17IN4O2. The molecule has 6 nitrogen and oxygen atoms in total. The third kappa shape index (κ3) is 2.76. The Hall–Kier alpha value is -2.42. The van der Waals surface area contributed by atoms with Crippen molar-refractivity contribution < 1.29 is 9.59 Å². The molecule has 0 aliphatic carbocycles. The molecule has 0 unspecified atom stereocenters. The highest BCUT2D eigenvalue weighted by molar-refractivity contribution is 14.1. The molecule has 1 atom stereocenters. The number of nitrogens with zero attached hydrogens (tertiary/aromatic N) is 3. The number of amides is 2. The van der Waals surface area contributed by atoms with Gasteiger partial charge in [-0.25, -0.2) is 9.88 Å². The fourth-order valence-electron chi connectivity index (χ4n) is 3.29. The van der Waals surface area contributed by atoms with Gasteiger partial charge >= 0.3 is 0 Å². The number of carbonyl (C=O) groups excluding carboxylic acids is 2. The van der Waals surface area contributed by atoms with Crippen molar-refractivity contribution in [2.24, 2.45) is 0 Å². The number of fused-ring (bicyclic) bond motifs is 1. The quantitative estimate of drug-likeness (QED) is 0.479. The van der Waals surface area contributed by atoms with Gasteiger partial charge in [0.15, 0.2) is 0 Å². The fraction of sp³-hybridized carbons (Fsp3) is 0.211. The number of aromatic nitrogens is 2. The summed E-state index contributed by atoms with van der Waals surface area (Å²) in [4.78, 5) is 31.3. The molecule has 1 fully saturated rings. The predicted octanol–water partition coefficient (Wildman–Crippen LogP) is 3.40. The minimum atomic E-state index is -0.611. The molecule has 2 heterocycles. The molecule has 2 aromatic carbocycles. The van der Waals surface area contributed by atoms with E-state index in [1.54, 1.807) is 6.07 Å². The monoisotopic (exact) mass is 460 g/mol. The highest BCUT2D eigenvalue weighted by Gasteiger charge is 2.40. The van der Waals surface area contributed by atoms with Gasteiger partial charge in [0.25, 0.3) is 5.91 Å². The molecule has 1 aliphatic heterocycles. The summed E-state index contributed by atoms with van der Waals surface area (Å²) in [5, 5.41) is 3.19. The Morgan fingerprint density at radius 3 is 2.65 bits per heavy atom. The Balaban J connectivity index is 1.65. The van der Waals surface area contributed by atoms with Crippen molar-refractivity contribution in [3.8, 4) is 0 Å². The lowest BCUT2D eigenvalue weighted by molar-refractivity contribution is -0.121. The summed E-state index contributed by atoms with van der Waals surface area (Å²) < 4.78 is 2.88. The molecule has 2 amide bonds. The maximum absolute atomic E-state index is 12.9. The van der Waals surface area contributed by atoms with Crippen LogP contribution in [0, 0.1) is 3.57 Å². The first-order chi connectivity index (χ1) is 12.6. The van der Waals surface area contributed by atoms with Gasteiger partial charge in [0.2, 0.25) is 11.9 Å². The Bertz CT molecular complexity index is 1010. The van der Waals surface area contributed by atoms with Gasteiger partial charge in [0.05, 0.1) is 23.1 Å². The molecule has 0 radical (unpaired) electrons. The molecule has 0 bridgehead atoms. The van der Waals surface area contributed by atoms with Crippen LogP contribution in [-0.2, 0) is 16.1 Å². The average Bonchev–Trinajstić information content (AvgIpc) is 3.12. The van der Waals surface area contributed by atoms with Crippen molar-refractivity contribution in [2.75, 3.05) is 10.2 Å². The summed E-state index contributed by atoms with van der Waals surface area (Å²) in [5.41, 5.74) is 2.50. The number of benzene rings is 2. The van der Waals surface area contributed by atoms with Crippen molar-refractivity contribution in [3.63, 3.8) is 0 Å². The van der Waals surface area contributed by atoms with Crippen LogP contribution in [0.4, 0.5) is 11.6 Å². The van der Waals surface area contributed by atoms with Crippen LogP contribution in [0.25, 0.3) is 11.0 Å². The lowest BCUT2D eigenvalue weighted by Crippen LogP contribution is -2.35. The average molecular weight is 460 g/mol. The molecule has 7 heteroatoms. The number of carbonyl (C=O) groups is 2. The van der Waals surface area contributed by atoms with E-state index in [-0.39, 0.29) is 18.2 Å². The highest BCUT2D eigenvalue weighted by Crippen LogP contribution is 2.29. The molecule has 1 saturated heterocycles. The number of rotatable bonds is 4. The number of hydrogen-bond donors (Lipinski definition) is 1. The van der Waals surface area contributed by atoms with Gasteiger partial charge in [-0.15, -0.1) is 0 Å².